The van der Waals surface area contributed by atoms with Gasteiger partial charge < -0.3 is 15.2 Å². The van der Waals surface area contributed by atoms with Crippen molar-refractivity contribution in [1.29, 1.82) is 0 Å². The summed E-state index contributed by atoms with van der Waals surface area (Å²) in [5.74, 6) is 0.360. The van der Waals surface area contributed by atoms with Crippen LogP contribution in [-0.2, 0) is 16.0 Å². The van der Waals surface area contributed by atoms with Gasteiger partial charge in [-0.2, -0.15) is 0 Å². The van der Waals surface area contributed by atoms with Gasteiger partial charge >= 0.3 is 5.97 Å². The minimum atomic E-state index is -0.380. The van der Waals surface area contributed by atoms with Gasteiger partial charge in [-0.25, -0.2) is 0 Å². The van der Waals surface area contributed by atoms with Crippen LogP contribution in [0.4, 0.5) is 0 Å². The van der Waals surface area contributed by atoms with Crippen LogP contribution >= 0.6 is 11.6 Å². The fourth-order valence-electron chi connectivity index (χ4n) is 1.01. The third-order valence-electron chi connectivity index (χ3n) is 2.02. The van der Waals surface area contributed by atoms with Gasteiger partial charge in [-0.3, -0.25) is 4.79 Å². The Labute approximate surface area is 107 Å². The fraction of sp³-hybridized carbons (Fsp3) is 0.417. The molecule has 17 heavy (non-hydrogen) atoms. The van der Waals surface area contributed by atoms with E-state index < -0.39 is 0 Å². The summed E-state index contributed by atoms with van der Waals surface area (Å²) in [4.78, 5) is 9.83. The summed E-state index contributed by atoms with van der Waals surface area (Å²) in [5, 5.41) is 0.687. The predicted molar refractivity (Wildman–Crippen MR) is 68.5 cm³/mol. The third kappa shape index (κ3) is 6.14. The molecule has 0 aliphatic carbocycles. The Morgan fingerprint density at radius 2 is 2.06 bits per heavy atom. The van der Waals surface area contributed by atoms with E-state index >= 15 is 0 Å². The first kappa shape index (κ1) is 15.7. The number of carbonyl (C=O) groups excluding carboxylic acids is 1. The van der Waals surface area contributed by atoms with Crippen molar-refractivity contribution in [2.24, 2.45) is 5.73 Å². The highest BCUT2D eigenvalue weighted by atomic mass is 35.5. The molecule has 0 saturated heterocycles. The second-order valence-corrected chi connectivity index (χ2v) is 3.51. The lowest BCUT2D eigenvalue weighted by atomic mass is 10.2. The number of benzene rings is 1. The van der Waals surface area contributed by atoms with Crippen LogP contribution in [-0.4, -0.2) is 26.7 Å². The van der Waals surface area contributed by atoms with Gasteiger partial charge in [0.2, 0.25) is 0 Å². The second kappa shape index (κ2) is 8.84. The maximum absolute atomic E-state index is 9.83. The number of hydrogen-bond acceptors (Lipinski definition) is 4. The molecule has 0 bridgehead atoms. The van der Waals surface area contributed by atoms with Crippen LogP contribution in [0.2, 0.25) is 5.02 Å². The van der Waals surface area contributed by atoms with Crippen molar-refractivity contribution in [2.45, 2.75) is 13.3 Å². The molecule has 4 nitrogen and oxygen atoms in total. The molecule has 0 unspecified atom stereocenters. The lowest BCUT2D eigenvalue weighted by molar-refractivity contribution is -0.138. The number of ether oxygens (including phenoxy) is 2. The average Bonchev–Trinajstić information content (AvgIpc) is 2.38. The molecule has 5 heteroatoms. The second-order valence-electron chi connectivity index (χ2n) is 3.10. The van der Waals surface area contributed by atoms with Crippen molar-refractivity contribution in [3.05, 3.63) is 28.8 Å². The van der Waals surface area contributed by atoms with E-state index in [-0.39, 0.29) is 12.5 Å². The number of aryl methyl sites for hydroxylation is 1. The average molecular weight is 260 g/mol. The molecule has 1 rings (SSSR count). The van der Waals surface area contributed by atoms with Crippen LogP contribution in [0.25, 0.3) is 0 Å². The summed E-state index contributed by atoms with van der Waals surface area (Å²) in [6.07, 6.45) is 1.00. The summed E-state index contributed by atoms with van der Waals surface area (Å²) in [5.41, 5.74) is 6.04. The van der Waals surface area contributed by atoms with E-state index in [1.54, 1.807) is 7.11 Å². The summed E-state index contributed by atoms with van der Waals surface area (Å²) >= 11 is 5.88. The Kier molecular flexibility index (Phi) is 8.19. The van der Waals surface area contributed by atoms with Crippen molar-refractivity contribution in [3.63, 3.8) is 0 Å². The lowest BCUT2D eigenvalue weighted by Gasteiger charge is -2.03. The molecule has 0 aromatic heterocycles. The maximum Gasteiger partial charge on any atom is 0.319 e. The molecule has 1 aromatic rings. The first-order chi connectivity index (χ1) is 8.08. The van der Waals surface area contributed by atoms with Gasteiger partial charge in [0, 0.05) is 0 Å². The molecular weight excluding hydrogens is 242 g/mol. The first-order valence-corrected chi connectivity index (χ1v) is 5.56. The molecule has 0 saturated carbocycles. The van der Waals surface area contributed by atoms with Crippen LogP contribution in [0.15, 0.2) is 18.2 Å². The van der Waals surface area contributed by atoms with Crippen molar-refractivity contribution < 1.29 is 14.3 Å². The molecule has 1 aromatic carbocycles. The third-order valence-corrected chi connectivity index (χ3v) is 2.31. The Bertz CT molecular complexity index is 350. The molecule has 0 amide bonds. The van der Waals surface area contributed by atoms with Gasteiger partial charge in [-0.05, 0) is 24.1 Å². The van der Waals surface area contributed by atoms with Crippen LogP contribution < -0.4 is 10.5 Å². The highest BCUT2D eigenvalue weighted by molar-refractivity contribution is 6.32. The topological polar surface area (TPSA) is 61.5 Å². The van der Waals surface area contributed by atoms with E-state index in [0.29, 0.717) is 5.02 Å². The van der Waals surface area contributed by atoms with E-state index in [9.17, 15) is 4.79 Å². The predicted octanol–water partition coefficient (Wildman–Crippen LogP) is 2.03. The van der Waals surface area contributed by atoms with Crippen molar-refractivity contribution in [1.82, 2.24) is 0 Å². The quantitative estimate of drug-likeness (QED) is 0.844. The lowest BCUT2D eigenvalue weighted by Crippen LogP contribution is -2.14. The molecule has 0 spiro atoms. The highest BCUT2D eigenvalue weighted by Crippen LogP contribution is 2.24. The Balaban J connectivity index is 0.000000366. The molecule has 0 atom stereocenters. The van der Waals surface area contributed by atoms with Crippen LogP contribution in [0.1, 0.15) is 12.5 Å². The van der Waals surface area contributed by atoms with Crippen molar-refractivity contribution in [2.75, 3.05) is 20.8 Å². The number of halogens is 1. The summed E-state index contributed by atoms with van der Waals surface area (Å²) < 4.78 is 9.15. The van der Waals surface area contributed by atoms with Crippen LogP contribution in [0, 0.1) is 0 Å². The standard InChI is InChI=1S/C9H11ClO.C3H7NO2/c1-3-7-4-5-9(11-2)8(10)6-7;1-6-3(5)2-4/h4-6H,3H2,1-2H3;2,4H2,1H3. The number of hydrogen-bond donors (Lipinski definition) is 1. The van der Waals surface area contributed by atoms with Crippen LogP contribution in [0.5, 0.6) is 5.75 Å². The van der Waals surface area contributed by atoms with E-state index in [4.69, 9.17) is 22.1 Å². The number of esters is 1. The number of rotatable bonds is 3. The number of carbonyl (C=O) groups is 1. The molecule has 0 heterocycles. The molecule has 2 N–H and O–H groups in total. The zero-order valence-corrected chi connectivity index (χ0v) is 11.1. The molecule has 0 radical (unpaired) electrons. The minimum Gasteiger partial charge on any atom is -0.495 e. The normalized spacial score (nSPS) is 9.00. The largest absolute Gasteiger partial charge is 0.495 e. The molecular formula is C12H18ClNO3. The SMILES string of the molecule is CCc1ccc(OC)c(Cl)c1.COC(=O)CN. The minimum absolute atomic E-state index is 0.0312. The summed E-state index contributed by atoms with van der Waals surface area (Å²) in [6, 6.07) is 5.84. The van der Waals surface area contributed by atoms with Gasteiger partial charge in [0.15, 0.2) is 0 Å². The van der Waals surface area contributed by atoms with E-state index in [2.05, 4.69) is 11.7 Å². The van der Waals surface area contributed by atoms with E-state index in [1.165, 1.54) is 12.7 Å². The number of methoxy groups -OCH3 is 2. The monoisotopic (exact) mass is 259 g/mol. The Morgan fingerprint density at radius 1 is 1.41 bits per heavy atom. The summed E-state index contributed by atoms with van der Waals surface area (Å²) in [6.45, 7) is 2.06. The van der Waals surface area contributed by atoms with E-state index in [1.807, 2.05) is 18.2 Å². The first-order valence-electron chi connectivity index (χ1n) is 5.18. The van der Waals surface area contributed by atoms with Crippen molar-refractivity contribution in [3.8, 4) is 5.75 Å². The zero-order chi connectivity index (χ0) is 13.3. The van der Waals surface area contributed by atoms with Crippen LogP contribution in [0.3, 0.4) is 0 Å². The van der Waals surface area contributed by atoms with E-state index in [0.717, 1.165) is 12.2 Å². The number of nitrogens with two attached hydrogens (primary N) is 1. The van der Waals surface area contributed by atoms with Gasteiger partial charge in [-0.15, -0.1) is 0 Å². The molecule has 0 fully saturated rings. The Morgan fingerprint density at radius 3 is 2.35 bits per heavy atom. The molecule has 0 aliphatic heterocycles. The van der Waals surface area contributed by atoms with Gasteiger partial charge in [-0.1, -0.05) is 24.6 Å². The fourth-order valence-corrected chi connectivity index (χ4v) is 1.29. The van der Waals surface area contributed by atoms with Gasteiger partial charge in [0.05, 0.1) is 25.8 Å². The zero-order valence-electron chi connectivity index (χ0n) is 10.3. The Hall–Kier alpha value is -1.26. The molecule has 0 aliphatic rings. The van der Waals surface area contributed by atoms with Crippen molar-refractivity contribution >= 4 is 17.6 Å². The molecule has 96 valence electrons. The smallest absolute Gasteiger partial charge is 0.319 e. The summed E-state index contributed by atoms with van der Waals surface area (Å²) in [7, 11) is 2.92. The van der Waals surface area contributed by atoms with Gasteiger partial charge in [0.25, 0.3) is 0 Å². The maximum atomic E-state index is 9.83. The van der Waals surface area contributed by atoms with Gasteiger partial charge in [0.1, 0.15) is 5.75 Å². The highest BCUT2D eigenvalue weighted by Gasteiger charge is 1.99.